The molecule has 1 saturated heterocycles. The molecule has 3 rings (SSSR count). The summed E-state index contributed by atoms with van der Waals surface area (Å²) in [6.45, 7) is 5.51. The number of hydrogen-bond acceptors (Lipinski definition) is 7. The number of aliphatic hydroxyl groups is 1. The summed E-state index contributed by atoms with van der Waals surface area (Å²) >= 11 is 0. The summed E-state index contributed by atoms with van der Waals surface area (Å²) in [6.07, 6.45) is 4.22. The first-order valence-corrected chi connectivity index (χ1v) is 9.83. The van der Waals surface area contributed by atoms with Gasteiger partial charge in [0.1, 0.15) is 11.0 Å². The number of nitrogens with one attached hydrogen (secondary N) is 1. The third kappa shape index (κ3) is 3.44. The minimum Gasteiger partial charge on any atom is -0.472 e. The van der Waals surface area contributed by atoms with Gasteiger partial charge in [0.25, 0.3) is 0 Å². The summed E-state index contributed by atoms with van der Waals surface area (Å²) in [5, 5.41) is 16.5. The van der Waals surface area contributed by atoms with E-state index in [0.29, 0.717) is 17.3 Å². The molecule has 142 valence electrons. The van der Waals surface area contributed by atoms with E-state index in [1.54, 1.807) is 20.0 Å². The van der Waals surface area contributed by atoms with Gasteiger partial charge in [0.2, 0.25) is 15.9 Å². The SMILES string of the molecule is Cc1n[nH]c(C)c1S(=O)(=O)N1C[C@H](CO)[C@@H](Oc2cnccn2)[C@H](C)C1. The monoisotopic (exact) mass is 381 g/mol. The van der Waals surface area contributed by atoms with Crippen LogP contribution in [-0.2, 0) is 10.0 Å². The lowest BCUT2D eigenvalue weighted by Gasteiger charge is -2.40. The van der Waals surface area contributed by atoms with Crippen LogP contribution < -0.4 is 4.74 Å². The Kier molecular flexibility index (Phi) is 5.26. The maximum absolute atomic E-state index is 13.1. The van der Waals surface area contributed by atoms with Crippen molar-refractivity contribution in [1.29, 1.82) is 0 Å². The number of H-pyrrole nitrogens is 1. The predicted octanol–water partition coefficient (Wildman–Crippen LogP) is 0.513. The summed E-state index contributed by atoms with van der Waals surface area (Å²) in [4.78, 5) is 8.27. The predicted molar refractivity (Wildman–Crippen MR) is 93.0 cm³/mol. The van der Waals surface area contributed by atoms with Crippen molar-refractivity contribution in [2.45, 2.75) is 31.8 Å². The van der Waals surface area contributed by atoms with Gasteiger partial charge in [-0.3, -0.25) is 10.1 Å². The first-order chi connectivity index (χ1) is 12.3. The number of hydrogen-bond donors (Lipinski definition) is 2. The molecule has 0 amide bonds. The summed E-state index contributed by atoms with van der Waals surface area (Å²) in [7, 11) is -3.71. The van der Waals surface area contributed by atoms with Crippen molar-refractivity contribution in [3.8, 4) is 5.88 Å². The van der Waals surface area contributed by atoms with E-state index in [1.165, 1.54) is 16.7 Å². The summed E-state index contributed by atoms with van der Waals surface area (Å²) < 4.78 is 33.5. The third-order valence-electron chi connectivity index (χ3n) is 4.64. The maximum atomic E-state index is 13.1. The number of rotatable bonds is 5. The van der Waals surface area contributed by atoms with Gasteiger partial charge in [-0.05, 0) is 13.8 Å². The van der Waals surface area contributed by atoms with Crippen LogP contribution in [0.5, 0.6) is 5.88 Å². The van der Waals surface area contributed by atoms with Crippen LogP contribution in [0.4, 0.5) is 0 Å². The third-order valence-corrected chi connectivity index (χ3v) is 6.74. The van der Waals surface area contributed by atoms with Crippen molar-refractivity contribution < 1.29 is 18.3 Å². The highest BCUT2D eigenvalue weighted by Crippen LogP contribution is 2.31. The molecule has 1 aliphatic rings. The van der Waals surface area contributed by atoms with Gasteiger partial charge < -0.3 is 9.84 Å². The summed E-state index contributed by atoms with van der Waals surface area (Å²) in [5.41, 5.74) is 0.947. The highest BCUT2D eigenvalue weighted by molar-refractivity contribution is 7.89. The van der Waals surface area contributed by atoms with Crippen LogP contribution in [0.3, 0.4) is 0 Å². The standard InChI is InChI=1S/C16H23N5O4S/c1-10-7-21(26(23,24)16-11(2)19-20-12(16)3)8-13(9-22)15(10)25-14-6-17-4-5-18-14/h4-6,10,13,15,22H,7-9H2,1-3H3,(H,19,20)/t10-,13-,15+/m1/s1. The molecule has 0 spiro atoms. The Morgan fingerprint density at radius 1 is 1.35 bits per heavy atom. The molecule has 2 aromatic rings. The molecule has 26 heavy (non-hydrogen) atoms. The lowest BCUT2D eigenvalue weighted by atomic mass is 9.88. The smallest absolute Gasteiger partial charge is 0.246 e. The van der Waals surface area contributed by atoms with Crippen molar-refractivity contribution in [1.82, 2.24) is 24.5 Å². The number of piperidine rings is 1. The molecular weight excluding hydrogens is 358 g/mol. The molecule has 9 nitrogen and oxygen atoms in total. The Morgan fingerprint density at radius 3 is 2.69 bits per heavy atom. The molecular formula is C16H23N5O4S. The first-order valence-electron chi connectivity index (χ1n) is 8.39. The van der Waals surface area contributed by atoms with E-state index in [9.17, 15) is 13.5 Å². The van der Waals surface area contributed by atoms with Crippen LogP contribution in [0, 0.1) is 25.7 Å². The number of aryl methyl sites for hydroxylation is 2. The molecule has 10 heteroatoms. The number of aromatic amines is 1. The van der Waals surface area contributed by atoms with Gasteiger partial charge in [-0.2, -0.15) is 9.40 Å². The van der Waals surface area contributed by atoms with Gasteiger partial charge in [0.05, 0.1) is 24.2 Å². The van der Waals surface area contributed by atoms with E-state index in [-0.39, 0.29) is 42.5 Å². The van der Waals surface area contributed by atoms with Crippen molar-refractivity contribution in [2.75, 3.05) is 19.7 Å². The van der Waals surface area contributed by atoms with Crippen LogP contribution >= 0.6 is 0 Å². The molecule has 2 N–H and O–H groups in total. The molecule has 2 aromatic heterocycles. The quantitative estimate of drug-likeness (QED) is 0.774. The highest BCUT2D eigenvalue weighted by Gasteiger charge is 2.42. The van der Waals surface area contributed by atoms with Crippen molar-refractivity contribution in [3.05, 3.63) is 30.0 Å². The Bertz CT molecular complexity index is 835. The molecule has 3 atom stereocenters. The van der Waals surface area contributed by atoms with Crippen LogP contribution in [-0.4, -0.2) is 63.8 Å². The van der Waals surface area contributed by atoms with E-state index in [1.807, 2.05) is 6.92 Å². The zero-order valence-corrected chi connectivity index (χ0v) is 15.8. The summed E-state index contributed by atoms with van der Waals surface area (Å²) in [5.74, 6) is -0.145. The molecule has 0 bridgehead atoms. The number of ether oxygens (including phenoxy) is 1. The lowest BCUT2D eigenvalue weighted by Crippen LogP contribution is -2.53. The maximum Gasteiger partial charge on any atom is 0.246 e. The van der Waals surface area contributed by atoms with Crippen LogP contribution in [0.25, 0.3) is 0 Å². The largest absolute Gasteiger partial charge is 0.472 e. The van der Waals surface area contributed by atoms with Crippen molar-refractivity contribution in [2.24, 2.45) is 11.8 Å². The lowest BCUT2D eigenvalue weighted by molar-refractivity contribution is 0.000579. The van der Waals surface area contributed by atoms with Crippen LogP contribution in [0.1, 0.15) is 18.3 Å². The molecule has 0 radical (unpaired) electrons. The number of aromatic nitrogens is 4. The average Bonchev–Trinajstić information content (AvgIpc) is 2.96. The second kappa shape index (κ2) is 7.29. The molecule has 0 aromatic carbocycles. The van der Waals surface area contributed by atoms with Gasteiger partial charge >= 0.3 is 0 Å². The van der Waals surface area contributed by atoms with Gasteiger partial charge in [-0.15, -0.1) is 0 Å². The van der Waals surface area contributed by atoms with E-state index < -0.39 is 10.0 Å². The molecule has 1 fully saturated rings. The van der Waals surface area contributed by atoms with E-state index in [4.69, 9.17) is 4.74 Å². The average molecular weight is 381 g/mol. The number of sulfonamides is 1. The molecule has 3 heterocycles. The Balaban J connectivity index is 1.84. The number of nitrogens with zero attached hydrogens (tertiary/aromatic N) is 4. The second-order valence-electron chi connectivity index (χ2n) is 6.63. The molecule has 0 unspecified atom stereocenters. The van der Waals surface area contributed by atoms with E-state index in [0.717, 1.165) is 0 Å². The van der Waals surface area contributed by atoms with Gasteiger partial charge in [0.15, 0.2) is 0 Å². The normalized spacial score (nSPS) is 24.5. The Labute approximate surface area is 152 Å². The number of aliphatic hydroxyl groups excluding tert-OH is 1. The Hall–Kier alpha value is -2.04. The van der Waals surface area contributed by atoms with E-state index in [2.05, 4.69) is 20.2 Å². The van der Waals surface area contributed by atoms with Crippen molar-refractivity contribution >= 4 is 10.0 Å². The molecule has 0 saturated carbocycles. The second-order valence-corrected chi connectivity index (χ2v) is 8.51. The zero-order chi connectivity index (χ0) is 18.9. The van der Waals surface area contributed by atoms with Crippen LogP contribution in [0.15, 0.2) is 23.5 Å². The van der Waals surface area contributed by atoms with E-state index >= 15 is 0 Å². The highest BCUT2D eigenvalue weighted by atomic mass is 32.2. The Morgan fingerprint density at radius 2 is 2.12 bits per heavy atom. The van der Waals surface area contributed by atoms with Gasteiger partial charge in [-0.1, -0.05) is 6.92 Å². The van der Waals surface area contributed by atoms with Crippen molar-refractivity contribution in [3.63, 3.8) is 0 Å². The zero-order valence-electron chi connectivity index (χ0n) is 15.0. The minimum atomic E-state index is -3.71. The van der Waals surface area contributed by atoms with Gasteiger partial charge in [0, 0.05) is 37.3 Å². The fourth-order valence-electron chi connectivity index (χ4n) is 3.44. The fourth-order valence-corrected chi connectivity index (χ4v) is 5.36. The fraction of sp³-hybridized carbons (Fsp3) is 0.562. The topological polar surface area (TPSA) is 121 Å². The minimum absolute atomic E-state index is 0.134. The summed E-state index contributed by atoms with van der Waals surface area (Å²) in [6, 6.07) is 0. The molecule has 0 aliphatic carbocycles. The molecule has 1 aliphatic heterocycles. The van der Waals surface area contributed by atoms with Gasteiger partial charge in [-0.25, -0.2) is 13.4 Å². The van der Waals surface area contributed by atoms with Crippen LogP contribution in [0.2, 0.25) is 0 Å². The first kappa shape index (κ1) is 18.7.